The number of carbonyl (C=O) groups excluding carboxylic acids is 2. The lowest BCUT2D eigenvalue weighted by Gasteiger charge is -2.23. The Morgan fingerprint density at radius 3 is 2.08 bits per heavy atom. The first-order valence-corrected chi connectivity index (χ1v) is 7.36. The van der Waals surface area contributed by atoms with Gasteiger partial charge in [0, 0.05) is 5.56 Å². The van der Waals surface area contributed by atoms with Crippen LogP contribution in [0.25, 0.3) is 0 Å². The number of carbonyl (C=O) groups is 2. The molecule has 0 aliphatic carbocycles. The number of esters is 1. The fraction of sp³-hybridized carbons (Fsp3) is 0.222. The van der Waals surface area contributed by atoms with E-state index in [2.05, 4.69) is 0 Å². The number of hydrogen-bond acceptors (Lipinski definition) is 4. The Kier molecular flexibility index (Phi) is 5.76. The molecule has 0 heterocycles. The molecular formula is C18H17F2NO3. The quantitative estimate of drug-likeness (QED) is 0.624. The highest BCUT2D eigenvalue weighted by atomic mass is 19.3. The van der Waals surface area contributed by atoms with E-state index in [-0.39, 0.29) is 5.56 Å². The van der Waals surface area contributed by atoms with Crippen molar-refractivity contribution in [2.75, 3.05) is 6.54 Å². The zero-order valence-corrected chi connectivity index (χ0v) is 12.8. The predicted molar refractivity (Wildman–Crippen MR) is 84.7 cm³/mol. The normalized spacial score (nSPS) is 12.5. The number of benzene rings is 2. The van der Waals surface area contributed by atoms with Crippen LogP contribution in [0.4, 0.5) is 8.78 Å². The smallest absolute Gasteiger partial charge is 0.320 e. The molecule has 0 saturated carbocycles. The molecule has 0 bridgehead atoms. The molecule has 4 nitrogen and oxygen atoms in total. The summed E-state index contributed by atoms with van der Waals surface area (Å²) >= 11 is 0. The highest BCUT2D eigenvalue weighted by molar-refractivity contribution is 6.01. The monoisotopic (exact) mass is 333 g/mol. The SMILES string of the molecule is NCC(=O)OC(CC(F)(F)C(=O)c1ccccc1)c1ccccc1. The van der Waals surface area contributed by atoms with Crippen molar-refractivity contribution in [3.8, 4) is 0 Å². The van der Waals surface area contributed by atoms with E-state index in [0.717, 1.165) is 0 Å². The van der Waals surface area contributed by atoms with Gasteiger partial charge in [-0.2, -0.15) is 8.78 Å². The van der Waals surface area contributed by atoms with Crippen LogP contribution in [0.5, 0.6) is 0 Å². The third kappa shape index (κ3) is 4.45. The minimum absolute atomic E-state index is 0.0977. The van der Waals surface area contributed by atoms with Crippen molar-refractivity contribution >= 4 is 11.8 Å². The van der Waals surface area contributed by atoms with Crippen molar-refractivity contribution in [2.24, 2.45) is 5.73 Å². The number of ketones is 1. The number of alkyl halides is 2. The molecule has 0 spiro atoms. The summed E-state index contributed by atoms with van der Waals surface area (Å²) in [5.41, 5.74) is 5.46. The molecule has 2 N–H and O–H groups in total. The van der Waals surface area contributed by atoms with Gasteiger partial charge in [0.15, 0.2) is 0 Å². The van der Waals surface area contributed by atoms with Gasteiger partial charge in [-0.3, -0.25) is 9.59 Å². The average Bonchev–Trinajstić information content (AvgIpc) is 2.61. The van der Waals surface area contributed by atoms with Crippen molar-refractivity contribution in [3.05, 3.63) is 71.8 Å². The Bertz CT molecular complexity index is 690. The third-order valence-electron chi connectivity index (χ3n) is 3.42. The summed E-state index contributed by atoms with van der Waals surface area (Å²) in [7, 11) is 0. The van der Waals surface area contributed by atoms with Gasteiger partial charge in [-0.25, -0.2) is 0 Å². The number of halogens is 2. The van der Waals surface area contributed by atoms with Crippen LogP contribution in [0.15, 0.2) is 60.7 Å². The van der Waals surface area contributed by atoms with E-state index >= 15 is 0 Å². The van der Waals surface area contributed by atoms with E-state index in [1.54, 1.807) is 36.4 Å². The number of nitrogens with two attached hydrogens (primary N) is 1. The van der Waals surface area contributed by atoms with Crippen molar-refractivity contribution in [2.45, 2.75) is 18.4 Å². The molecule has 2 rings (SSSR count). The van der Waals surface area contributed by atoms with Crippen LogP contribution in [0.2, 0.25) is 0 Å². The Hall–Kier alpha value is -2.60. The fourth-order valence-electron chi connectivity index (χ4n) is 2.23. The summed E-state index contributed by atoms with van der Waals surface area (Å²) in [4.78, 5) is 23.5. The van der Waals surface area contributed by atoms with Crippen LogP contribution >= 0.6 is 0 Å². The van der Waals surface area contributed by atoms with E-state index in [1.807, 2.05) is 0 Å². The molecule has 0 radical (unpaired) electrons. The number of rotatable bonds is 7. The second kappa shape index (κ2) is 7.79. The van der Waals surface area contributed by atoms with Crippen molar-refractivity contribution in [3.63, 3.8) is 0 Å². The summed E-state index contributed by atoms with van der Waals surface area (Å²) in [6.07, 6.45) is -2.21. The van der Waals surface area contributed by atoms with Gasteiger partial charge in [-0.05, 0) is 5.56 Å². The first-order chi connectivity index (χ1) is 11.4. The molecule has 0 aliphatic rings. The zero-order chi connectivity index (χ0) is 17.6. The van der Waals surface area contributed by atoms with E-state index in [0.29, 0.717) is 5.56 Å². The zero-order valence-electron chi connectivity index (χ0n) is 12.8. The van der Waals surface area contributed by atoms with E-state index in [4.69, 9.17) is 10.5 Å². The highest BCUT2D eigenvalue weighted by Gasteiger charge is 2.42. The van der Waals surface area contributed by atoms with Gasteiger partial charge in [-0.15, -0.1) is 0 Å². The number of hydrogen-bond donors (Lipinski definition) is 1. The van der Waals surface area contributed by atoms with Gasteiger partial charge in [-0.1, -0.05) is 60.7 Å². The van der Waals surface area contributed by atoms with Crippen LogP contribution in [0, 0.1) is 0 Å². The Balaban J connectivity index is 2.24. The highest BCUT2D eigenvalue weighted by Crippen LogP contribution is 2.33. The van der Waals surface area contributed by atoms with Crippen LogP contribution in [-0.4, -0.2) is 24.2 Å². The Morgan fingerprint density at radius 1 is 1.00 bits per heavy atom. The molecule has 24 heavy (non-hydrogen) atoms. The summed E-state index contributed by atoms with van der Waals surface area (Å²) in [6.45, 7) is -0.429. The number of ether oxygens (including phenoxy) is 1. The molecule has 0 aromatic heterocycles. The maximum atomic E-state index is 14.4. The largest absolute Gasteiger partial charge is 0.456 e. The Labute approximate surface area is 138 Å². The molecule has 0 aliphatic heterocycles. The van der Waals surface area contributed by atoms with E-state index in [1.165, 1.54) is 24.3 Å². The fourth-order valence-corrected chi connectivity index (χ4v) is 2.23. The average molecular weight is 333 g/mol. The summed E-state index contributed by atoms with van der Waals surface area (Å²) in [6, 6.07) is 15.4. The standard InChI is InChI=1S/C18H17F2NO3/c19-18(20,17(23)14-9-5-2-6-10-14)11-15(24-16(22)12-21)13-7-3-1-4-8-13/h1-10,15H,11-12,21H2. The lowest BCUT2D eigenvalue weighted by Crippen LogP contribution is -2.33. The minimum Gasteiger partial charge on any atom is -0.456 e. The molecule has 126 valence electrons. The summed E-state index contributed by atoms with van der Waals surface area (Å²) < 4.78 is 33.9. The van der Waals surface area contributed by atoms with Gasteiger partial charge < -0.3 is 10.5 Å². The molecular weight excluding hydrogens is 316 g/mol. The van der Waals surface area contributed by atoms with Gasteiger partial charge in [0.1, 0.15) is 6.10 Å². The van der Waals surface area contributed by atoms with Crippen molar-refractivity contribution in [1.82, 2.24) is 0 Å². The lowest BCUT2D eigenvalue weighted by molar-refractivity contribution is -0.151. The van der Waals surface area contributed by atoms with E-state index < -0.39 is 36.7 Å². The second-order valence-corrected chi connectivity index (χ2v) is 5.20. The molecule has 2 aromatic carbocycles. The van der Waals surface area contributed by atoms with Gasteiger partial charge >= 0.3 is 11.9 Å². The topological polar surface area (TPSA) is 69.4 Å². The molecule has 1 atom stereocenters. The molecule has 0 fully saturated rings. The van der Waals surface area contributed by atoms with E-state index in [9.17, 15) is 18.4 Å². The van der Waals surface area contributed by atoms with Crippen LogP contribution < -0.4 is 5.73 Å². The maximum Gasteiger partial charge on any atom is 0.320 e. The third-order valence-corrected chi connectivity index (χ3v) is 3.42. The van der Waals surface area contributed by atoms with Gasteiger partial charge in [0.2, 0.25) is 5.78 Å². The number of Topliss-reactive ketones (excluding diaryl/α,β-unsaturated/α-hetero) is 1. The Morgan fingerprint density at radius 2 is 1.54 bits per heavy atom. The van der Waals surface area contributed by atoms with Crippen LogP contribution in [0.3, 0.4) is 0 Å². The maximum absolute atomic E-state index is 14.4. The van der Waals surface area contributed by atoms with Crippen molar-refractivity contribution < 1.29 is 23.1 Å². The second-order valence-electron chi connectivity index (χ2n) is 5.20. The first-order valence-electron chi connectivity index (χ1n) is 7.36. The first kappa shape index (κ1) is 17.7. The minimum atomic E-state index is -3.68. The summed E-state index contributed by atoms with van der Waals surface area (Å²) in [5.74, 6) is -5.81. The molecule has 6 heteroatoms. The van der Waals surface area contributed by atoms with Gasteiger partial charge in [0.05, 0.1) is 13.0 Å². The lowest BCUT2D eigenvalue weighted by atomic mass is 9.97. The van der Waals surface area contributed by atoms with Crippen molar-refractivity contribution in [1.29, 1.82) is 0 Å². The molecule has 0 saturated heterocycles. The molecule has 2 aromatic rings. The summed E-state index contributed by atoms with van der Waals surface area (Å²) in [5, 5.41) is 0. The van der Waals surface area contributed by atoms with Crippen LogP contribution in [0.1, 0.15) is 28.4 Å². The van der Waals surface area contributed by atoms with Crippen LogP contribution in [-0.2, 0) is 9.53 Å². The molecule has 1 unspecified atom stereocenters. The molecule has 0 amide bonds. The predicted octanol–water partition coefficient (Wildman–Crippen LogP) is 3.14. The van der Waals surface area contributed by atoms with Gasteiger partial charge in [0.25, 0.3) is 0 Å².